The largest absolute Gasteiger partial charge is 0.378 e. The Labute approximate surface area is 103 Å². The first-order valence-electron chi connectivity index (χ1n) is 4.26. The number of nitrogens with zero attached hydrogens (tertiary/aromatic N) is 2. The van der Waals surface area contributed by atoms with E-state index in [9.17, 15) is 10.1 Å². The van der Waals surface area contributed by atoms with Crippen molar-refractivity contribution in [2.24, 2.45) is 0 Å². The molecule has 0 aliphatic rings. The minimum atomic E-state index is -0.623. The summed E-state index contributed by atoms with van der Waals surface area (Å²) < 4.78 is 0. The maximum absolute atomic E-state index is 10.6. The number of thiol groups is 1. The number of rotatable bonds is 2. The van der Waals surface area contributed by atoms with E-state index in [-0.39, 0.29) is 16.7 Å². The summed E-state index contributed by atoms with van der Waals surface area (Å²) >= 11 is 9.73. The lowest BCUT2D eigenvalue weighted by atomic mass is 10.2. The molecule has 0 amide bonds. The number of nitrogens with two attached hydrogens (primary N) is 1. The van der Waals surface area contributed by atoms with Crippen molar-refractivity contribution in [3.8, 4) is 11.8 Å². The van der Waals surface area contributed by atoms with Gasteiger partial charge in [-0.25, -0.2) is 4.98 Å². The van der Waals surface area contributed by atoms with Gasteiger partial charge in [0.1, 0.15) is 5.15 Å². The van der Waals surface area contributed by atoms with Crippen molar-refractivity contribution in [1.82, 2.24) is 4.98 Å². The van der Waals surface area contributed by atoms with Gasteiger partial charge in [0.2, 0.25) is 5.82 Å². The molecule has 0 aliphatic carbocycles. The smallest absolute Gasteiger partial charge is 0.312 e. The summed E-state index contributed by atoms with van der Waals surface area (Å²) in [5, 5.41) is 10.7. The molecule has 0 unspecified atom stereocenters. The van der Waals surface area contributed by atoms with E-state index in [1.807, 2.05) is 0 Å². The standard InChI is InChI=1S/C9H8ClN3O2S/c10-8-6(3-1-2-4-16)5-7(13(14)15)9(11)12-8/h5,16H,2,4H2,(H2,11,12). The van der Waals surface area contributed by atoms with Crippen LogP contribution in [-0.2, 0) is 0 Å². The van der Waals surface area contributed by atoms with Crippen LogP contribution in [0.15, 0.2) is 6.07 Å². The van der Waals surface area contributed by atoms with Crippen molar-refractivity contribution >= 4 is 35.7 Å². The molecule has 0 saturated heterocycles. The molecule has 2 N–H and O–H groups in total. The highest BCUT2D eigenvalue weighted by Crippen LogP contribution is 2.24. The minimum Gasteiger partial charge on any atom is -0.378 e. The zero-order valence-electron chi connectivity index (χ0n) is 8.11. The normalized spacial score (nSPS) is 9.38. The number of nitrogen functional groups attached to an aromatic ring is 1. The van der Waals surface area contributed by atoms with Gasteiger partial charge in [0.25, 0.3) is 0 Å². The summed E-state index contributed by atoms with van der Waals surface area (Å²) in [6.07, 6.45) is 0.567. The second kappa shape index (κ2) is 5.58. The Hall–Kier alpha value is -1.45. The average molecular weight is 258 g/mol. The molecule has 5 nitrogen and oxygen atoms in total. The highest BCUT2D eigenvalue weighted by Gasteiger charge is 2.15. The van der Waals surface area contributed by atoms with Gasteiger partial charge in [-0.2, -0.15) is 12.6 Å². The fraction of sp³-hybridized carbons (Fsp3) is 0.222. The molecule has 16 heavy (non-hydrogen) atoms. The molecule has 84 valence electrons. The molecule has 1 rings (SSSR count). The summed E-state index contributed by atoms with van der Waals surface area (Å²) in [5.41, 5.74) is 5.35. The second-order valence-electron chi connectivity index (χ2n) is 2.76. The zero-order chi connectivity index (χ0) is 12.1. The van der Waals surface area contributed by atoms with Gasteiger partial charge in [-0.05, 0) is 0 Å². The van der Waals surface area contributed by atoms with Crippen LogP contribution >= 0.6 is 24.2 Å². The van der Waals surface area contributed by atoms with Crippen LogP contribution in [0.3, 0.4) is 0 Å². The molecule has 0 spiro atoms. The minimum absolute atomic E-state index is 0.0646. The zero-order valence-corrected chi connectivity index (χ0v) is 9.76. The van der Waals surface area contributed by atoms with Gasteiger partial charge >= 0.3 is 5.69 Å². The SMILES string of the molecule is Nc1nc(Cl)c(C#CCCS)cc1[N+](=O)[O-]. The van der Waals surface area contributed by atoms with Gasteiger partial charge < -0.3 is 5.73 Å². The van der Waals surface area contributed by atoms with E-state index in [0.29, 0.717) is 17.7 Å². The molecule has 0 bridgehead atoms. The highest BCUT2D eigenvalue weighted by atomic mass is 35.5. The van der Waals surface area contributed by atoms with Gasteiger partial charge in [-0.15, -0.1) is 0 Å². The molecule has 1 aromatic rings. The van der Waals surface area contributed by atoms with Crippen LogP contribution in [0.4, 0.5) is 11.5 Å². The molecule has 0 aromatic carbocycles. The lowest BCUT2D eigenvalue weighted by Gasteiger charge is -1.99. The molecule has 0 aliphatic heterocycles. The Morgan fingerprint density at radius 1 is 1.69 bits per heavy atom. The second-order valence-corrected chi connectivity index (χ2v) is 3.57. The fourth-order valence-electron chi connectivity index (χ4n) is 0.941. The van der Waals surface area contributed by atoms with Crippen molar-refractivity contribution in [3.63, 3.8) is 0 Å². The summed E-state index contributed by atoms with van der Waals surface area (Å²) in [6.45, 7) is 0. The predicted octanol–water partition coefficient (Wildman–Crippen LogP) is 1.90. The molecule has 7 heteroatoms. The van der Waals surface area contributed by atoms with Crippen molar-refractivity contribution in [2.45, 2.75) is 6.42 Å². The molecular formula is C9H8ClN3O2S. The fourth-order valence-corrected chi connectivity index (χ4v) is 1.25. The van der Waals surface area contributed by atoms with Gasteiger partial charge in [0, 0.05) is 18.2 Å². The molecule has 1 heterocycles. The first-order valence-corrected chi connectivity index (χ1v) is 5.27. The maximum Gasteiger partial charge on any atom is 0.312 e. The molecule has 0 radical (unpaired) electrons. The van der Waals surface area contributed by atoms with Gasteiger partial charge in [0.15, 0.2) is 0 Å². The predicted molar refractivity (Wildman–Crippen MR) is 65.7 cm³/mol. The van der Waals surface area contributed by atoms with Crippen molar-refractivity contribution in [1.29, 1.82) is 0 Å². The summed E-state index contributed by atoms with van der Waals surface area (Å²) in [7, 11) is 0. The number of aromatic nitrogens is 1. The molecule has 0 atom stereocenters. The third-order valence-corrected chi connectivity index (χ3v) is 2.15. The van der Waals surface area contributed by atoms with Crippen LogP contribution in [0.5, 0.6) is 0 Å². The third kappa shape index (κ3) is 3.02. The van der Waals surface area contributed by atoms with E-state index in [1.165, 1.54) is 6.07 Å². The lowest BCUT2D eigenvalue weighted by molar-refractivity contribution is -0.384. The molecular weight excluding hydrogens is 250 g/mol. The highest BCUT2D eigenvalue weighted by molar-refractivity contribution is 7.80. The monoisotopic (exact) mass is 257 g/mol. The van der Waals surface area contributed by atoms with E-state index in [2.05, 4.69) is 29.5 Å². The van der Waals surface area contributed by atoms with E-state index in [4.69, 9.17) is 17.3 Å². The Balaban J connectivity index is 3.16. The number of halogens is 1. The molecule has 1 aromatic heterocycles. The first kappa shape index (κ1) is 12.6. The topological polar surface area (TPSA) is 82.0 Å². The number of anilines is 1. The Bertz CT molecular complexity index is 482. The van der Waals surface area contributed by atoms with Crippen LogP contribution < -0.4 is 5.73 Å². The Kier molecular flexibility index (Phi) is 4.40. The van der Waals surface area contributed by atoms with Gasteiger partial charge in [-0.1, -0.05) is 23.4 Å². The van der Waals surface area contributed by atoms with Crippen molar-refractivity contribution < 1.29 is 4.92 Å². The van der Waals surface area contributed by atoms with Crippen LogP contribution in [0.25, 0.3) is 0 Å². The average Bonchev–Trinajstić information content (AvgIpc) is 2.21. The van der Waals surface area contributed by atoms with Gasteiger partial charge in [-0.3, -0.25) is 10.1 Å². The number of hydrogen-bond acceptors (Lipinski definition) is 5. The molecule has 0 fully saturated rings. The summed E-state index contributed by atoms with van der Waals surface area (Å²) in [6, 6.07) is 1.22. The third-order valence-electron chi connectivity index (χ3n) is 1.64. The number of pyridine rings is 1. The summed E-state index contributed by atoms with van der Waals surface area (Å²) in [5.74, 6) is 5.84. The summed E-state index contributed by atoms with van der Waals surface area (Å²) in [4.78, 5) is 13.6. The number of nitro groups is 1. The van der Waals surface area contributed by atoms with Crippen LogP contribution in [0.2, 0.25) is 5.15 Å². The molecule has 0 saturated carbocycles. The van der Waals surface area contributed by atoms with Gasteiger partial charge in [0.05, 0.1) is 10.5 Å². The van der Waals surface area contributed by atoms with E-state index >= 15 is 0 Å². The van der Waals surface area contributed by atoms with Crippen molar-refractivity contribution in [2.75, 3.05) is 11.5 Å². The lowest BCUT2D eigenvalue weighted by Crippen LogP contribution is -2.00. The first-order chi connectivity index (χ1) is 7.56. The van der Waals surface area contributed by atoms with E-state index in [1.54, 1.807) is 0 Å². The Morgan fingerprint density at radius 2 is 2.38 bits per heavy atom. The van der Waals surface area contributed by atoms with Crippen LogP contribution in [0, 0.1) is 22.0 Å². The van der Waals surface area contributed by atoms with Crippen LogP contribution in [0.1, 0.15) is 12.0 Å². The van der Waals surface area contributed by atoms with E-state index < -0.39 is 4.92 Å². The maximum atomic E-state index is 10.6. The van der Waals surface area contributed by atoms with Crippen molar-refractivity contribution in [3.05, 3.63) is 26.9 Å². The van der Waals surface area contributed by atoms with E-state index in [0.717, 1.165) is 0 Å². The number of hydrogen-bond donors (Lipinski definition) is 2. The van der Waals surface area contributed by atoms with Crippen LogP contribution in [-0.4, -0.2) is 15.7 Å². The Morgan fingerprint density at radius 3 is 2.94 bits per heavy atom. The quantitative estimate of drug-likeness (QED) is 0.279.